The first-order valence-electron chi connectivity index (χ1n) is 5.80. The molecule has 0 amide bonds. The Balaban J connectivity index is 2.28. The minimum atomic E-state index is -0.374. The van der Waals surface area contributed by atoms with Crippen molar-refractivity contribution in [3.05, 3.63) is 34.5 Å². The van der Waals surface area contributed by atoms with E-state index in [1.54, 1.807) is 6.07 Å². The molecule has 0 saturated carbocycles. The molecule has 0 spiro atoms. The summed E-state index contributed by atoms with van der Waals surface area (Å²) in [6.45, 7) is 4.10. The van der Waals surface area contributed by atoms with Gasteiger partial charge in [-0.2, -0.15) is 0 Å². The van der Waals surface area contributed by atoms with Crippen molar-refractivity contribution < 1.29 is 4.39 Å². The zero-order valence-electron chi connectivity index (χ0n) is 9.80. The topological polar surface area (TPSA) is 52.0 Å². The number of benzene rings is 1. The minimum absolute atomic E-state index is 0.374. The molecule has 17 heavy (non-hydrogen) atoms. The Labute approximate surface area is 99.7 Å². The SMILES string of the molecule is CC1CCN(c2ccc(F)cc2N=[N+]=[N-])CC1. The van der Waals surface area contributed by atoms with Crippen molar-refractivity contribution in [2.24, 2.45) is 11.0 Å². The van der Waals surface area contributed by atoms with Crippen LogP contribution < -0.4 is 4.90 Å². The molecule has 0 bridgehead atoms. The monoisotopic (exact) mass is 234 g/mol. The van der Waals surface area contributed by atoms with Gasteiger partial charge in [-0.1, -0.05) is 12.0 Å². The van der Waals surface area contributed by atoms with Crippen LogP contribution in [0.4, 0.5) is 15.8 Å². The third-order valence-electron chi connectivity index (χ3n) is 3.21. The van der Waals surface area contributed by atoms with Crippen LogP contribution in [-0.2, 0) is 0 Å². The molecular weight excluding hydrogens is 219 g/mol. The van der Waals surface area contributed by atoms with E-state index < -0.39 is 0 Å². The van der Waals surface area contributed by atoms with Gasteiger partial charge < -0.3 is 4.90 Å². The van der Waals surface area contributed by atoms with E-state index in [1.807, 2.05) is 0 Å². The van der Waals surface area contributed by atoms with Crippen LogP contribution in [0.25, 0.3) is 10.4 Å². The number of nitrogens with zero attached hydrogens (tertiary/aromatic N) is 4. The predicted molar refractivity (Wildman–Crippen MR) is 65.8 cm³/mol. The fourth-order valence-corrected chi connectivity index (χ4v) is 2.14. The summed E-state index contributed by atoms with van der Waals surface area (Å²) >= 11 is 0. The van der Waals surface area contributed by atoms with E-state index >= 15 is 0 Å². The van der Waals surface area contributed by atoms with Gasteiger partial charge in [-0.05, 0) is 42.5 Å². The van der Waals surface area contributed by atoms with Gasteiger partial charge in [0.05, 0.1) is 5.69 Å². The van der Waals surface area contributed by atoms with Crippen molar-refractivity contribution in [1.82, 2.24) is 0 Å². The van der Waals surface area contributed by atoms with Crippen LogP contribution >= 0.6 is 0 Å². The van der Waals surface area contributed by atoms with E-state index in [9.17, 15) is 4.39 Å². The highest BCUT2D eigenvalue weighted by molar-refractivity contribution is 5.67. The molecule has 1 heterocycles. The van der Waals surface area contributed by atoms with Gasteiger partial charge in [0.15, 0.2) is 0 Å². The first-order chi connectivity index (χ1) is 8.20. The van der Waals surface area contributed by atoms with Crippen LogP contribution in [0, 0.1) is 11.7 Å². The zero-order chi connectivity index (χ0) is 12.3. The smallest absolute Gasteiger partial charge is 0.123 e. The van der Waals surface area contributed by atoms with Crippen LogP contribution in [0.1, 0.15) is 19.8 Å². The van der Waals surface area contributed by atoms with Crippen LogP contribution in [0.15, 0.2) is 23.3 Å². The van der Waals surface area contributed by atoms with Gasteiger partial charge in [0, 0.05) is 23.7 Å². The molecule has 0 unspecified atom stereocenters. The van der Waals surface area contributed by atoms with Crippen molar-refractivity contribution in [3.8, 4) is 0 Å². The standard InChI is InChI=1S/C12H15FN4/c1-9-4-6-17(7-5-9)12-3-2-10(13)8-11(12)15-16-14/h2-3,8-9H,4-7H2,1H3. The second-order valence-corrected chi connectivity index (χ2v) is 4.49. The highest BCUT2D eigenvalue weighted by Crippen LogP contribution is 2.32. The molecule has 1 saturated heterocycles. The van der Waals surface area contributed by atoms with E-state index in [0.29, 0.717) is 5.69 Å². The average molecular weight is 234 g/mol. The van der Waals surface area contributed by atoms with E-state index in [-0.39, 0.29) is 5.82 Å². The largest absolute Gasteiger partial charge is 0.371 e. The molecule has 2 rings (SSSR count). The lowest BCUT2D eigenvalue weighted by molar-refractivity contribution is 0.438. The number of rotatable bonds is 2. The maximum absolute atomic E-state index is 13.1. The predicted octanol–water partition coefficient (Wildman–Crippen LogP) is 4.00. The molecule has 1 aromatic rings. The summed E-state index contributed by atoms with van der Waals surface area (Å²) in [6.07, 6.45) is 2.24. The van der Waals surface area contributed by atoms with Gasteiger partial charge >= 0.3 is 0 Å². The number of piperidine rings is 1. The highest BCUT2D eigenvalue weighted by atomic mass is 19.1. The quantitative estimate of drug-likeness (QED) is 0.433. The minimum Gasteiger partial charge on any atom is -0.371 e. The molecule has 0 N–H and O–H groups in total. The second-order valence-electron chi connectivity index (χ2n) is 4.49. The van der Waals surface area contributed by atoms with Crippen molar-refractivity contribution in [3.63, 3.8) is 0 Å². The molecule has 4 nitrogen and oxygen atoms in total. The summed E-state index contributed by atoms with van der Waals surface area (Å²) in [4.78, 5) is 4.91. The number of halogens is 1. The van der Waals surface area contributed by atoms with Gasteiger partial charge in [-0.15, -0.1) is 0 Å². The average Bonchev–Trinajstić information content (AvgIpc) is 2.31. The molecule has 0 radical (unpaired) electrons. The maximum atomic E-state index is 13.1. The Morgan fingerprint density at radius 3 is 2.76 bits per heavy atom. The molecule has 5 heteroatoms. The van der Waals surface area contributed by atoms with E-state index in [1.165, 1.54) is 12.1 Å². The van der Waals surface area contributed by atoms with Crippen LogP contribution in [-0.4, -0.2) is 13.1 Å². The maximum Gasteiger partial charge on any atom is 0.123 e. The summed E-state index contributed by atoms with van der Waals surface area (Å²) in [5.74, 6) is 0.358. The summed E-state index contributed by atoms with van der Waals surface area (Å²) < 4.78 is 13.1. The first kappa shape index (κ1) is 11.7. The van der Waals surface area contributed by atoms with E-state index in [0.717, 1.165) is 37.5 Å². The Morgan fingerprint density at radius 1 is 1.41 bits per heavy atom. The lowest BCUT2D eigenvalue weighted by Crippen LogP contribution is -2.32. The van der Waals surface area contributed by atoms with Crippen molar-refractivity contribution >= 4 is 11.4 Å². The Hall–Kier alpha value is -1.74. The van der Waals surface area contributed by atoms with Gasteiger partial charge in [0.25, 0.3) is 0 Å². The van der Waals surface area contributed by atoms with Crippen LogP contribution in [0.5, 0.6) is 0 Å². The molecule has 0 atom stereocenters. The van der Waals surface area contributed by atoms with Gasteiger partial charge in [0.2, 0.25) is 0 Å². The molecule has 1 fully saturated rings. The van der Waals surface area contributed by atoms with E-state index in [2.05, 4.69) is 21.8 Å². The summed E-state index contributed by atoms with van der Waals surface area (Å²) in [7, 11) is 0. The van der Waals surface area contributed by atoms with Crippen LogP contribution in [0.2, 0.25) is 0 Å². The third kappa shape index (κ3) is 2.68. The van der Waals surface area contributed by atoms with Crippen molar-refractivity contribution in [1.29, 1.82) is 0 Å². The Morgan fingerprint density at radius 2 is 2.12 bits per heavy atom. The normalized spacial score (nSPS) is 16.7. The molecule has 1 aliphatic heterocycles. The molecule has 0 aliphatic carbocycles. The number of azide groups is 1. The molecule has 0 aromatic heterocycles. The van der Waals surface area contributed by atoms with Crippen molar-refractivity contribution in [2.45, 2.75) is 19.8 Å². The van der Waals surface area contributed by atoms with Crippen molar-refractivity contribution in [2.75, 3.05) is 18.0 Å². The molecular formula is C12H15FN4. The number of hydrogen-bond acceptors (Lipinski definition) is 2. The van der Waals surface area contributed by atoms with E-state index in [4.69, 9.17) is 5.53 Å². The lowest BCUT2D eigenvalue weighted by atomic mass is 9.98. The molecule has 1 aromatic carbocycles. The summed E-state index contributed by atoms with van der Waals surface area (Å²) in [5.41, 5.74) is 9.70. The highest BCUT2D eigenvalue weighted by Gasteiger charge is 2.18. The lowest BCUT2D eigenvalue weighted by Gasteiger charge is -2.32. The third-order valence-corrected chi connectivity index (χ3v) is 3.21. The van der Waals surface area contributed by atoms with Gasteiger partial charge in [-0.25, -0.2) is 4.39 Å². The number of anilines is 1. The Kier molecular flexibility index (Phi) is 3.49. The Bertz CT molecular complexity index is 446. The van der Waals surface area contributed by atoms with Crippen LogP contribution in [0.3, 0.4) is 0 Å². The summed E-state index contributed by atoms with van der Waals surface area (Å²) in [6, 6.07) is 4.38. The number of hydrogen-bond donors (Lipinski definition) is 0. The van der Waals surface area contributed by atoms with Gasteiger partial charge in [-0.3, -0.25) is 0 Å². The summed E-state index contributed by atoms with van der Waals surface area (Å²) in [5, 5.41) is 3.56. The second kappa shape index (κ2) is 5.06. The fraction of sp³-hybridized carbons (Fsp3) is 0.500. The molecule has 90 valence electrons. The first-order valence-corrected chi connectivity index (χ1v) is 5.80. The van der Waals surface area contributed by atoms with Gasteiger partial charge in [0.1, 0.15) is 5.82 Å². The fourth-order valence-electron chi connectivity index (χ4n) is 2.14. The molecule has 1 aliphatic rings. The zero-order valence-corrected chi connectivity index (χ0v) is 9.80.